The highest BCUT2D eigenvalue weighted by molar-refractivity contribution is 9.10. The highest BCUT2D eigenvalue weighted by atomic mass is 79.9. The summed E-state index contributed by atoms with van der Waals surface area (Å²) >= 11 is 3.45. The van der Waals surface area contributed by atoms with Crippen molar-refractivity contribution in [2.24, 2.45) is 5.10 Å². The Hall–Kier alpha value is -1.23. The van der Waals surface area contributed by atoms with E-state index in [0.29, 0.717) is 18.1 Å². The molecule has 0 aromatic heterocycles. The maximum atomic E-state index is 5.53. The van der Waals surface area contributed by atoms with Crippen LogP contribution in [0.2, 0.25) is 0 Å². The molecule has 1 rings (SSSR count). The molecule has 0 saturated heterocycles. The van der Waals surface area contributed by atoms with E-state index in [2.05, 4.69) is 21.0 Å². The van der Waals surface area contributed by atoms with Gasteiger partial charge in [0.05, 0.1) is 24.4 Å². The molecule has 1 aromatic rings. The van der Waals surface area contributed by atoms with Crippen LogP contribution in [0.5, 0.6) is 11.5 Å². The minimum Gasteiger partial charge on any atom is -0.492 e. The number of hydrogen-bond donors (Lipinski definition) is 0. The van der Waals surface area contributed by atoms with Gasteiger partial charge in [0.25, 0.3) is 0 Å². The van der Waals surface area contributed by atoms with Crippen molar-refractivity contribution in [1.82, 2.24) is 5.01 Å². The van der Waals surface area contributed by atoms with E-state index >= 15 is 0 Å². The number of ether oxygens (including phenoxy) is 2. The van der Waals surface area contributed by atoms with Gasteiger partial charge in [-0.1, -0.05) is 0 Å². The predicted octanol–water partition coefficient (Wildman–Crippen LogP) is 2.75. The molecule has 4 nitrogen and oxygen atoms in total. The lowest BCUT2D eigenvalue weighted by Gasteiger charge is -2.12. The van der Waals surface area contributed by atoms with E-state index in [4.69, 9.17) is 9.47 Å². The van der Waals surface area contributed by atoms with Gasteiger partial charge < -0.3 is 14.5 Å². The second kappa shape index (κ2) is 6.49. The van der Waals surface area contributed by atoms with Crippen LogP contribution in [-0.2, 0) is 0 Å². The molecule has 0 aliphatic heterocycles. The smallest absolute Gasteiger partial charge is 0.174 e. The normalized spacial score (nSPS) is 10.6. The number of nitrogens with zero attached hydrogens (tertiary/aromatic N) is 2. The Morgan fingerprint density at radius 3 is 2.65 bits per heavy atom. The molecular formula is C12H17BrN2O2. The number of halogens is 1. The van der Waals surface area contributed by atoms with Gasteiger partial charge in [-0.3, -0.25) is 0 Å². The lowest BCUT2D eigenvalue weighted by molar-refractivity contribution is 0.310. The van der Waals surface area contributed by atoms with Crippen LogP contribution < -0.4 is 9.47 Å². The molecule has 0 atom stereocenters. The molecule has 0 saturated carbocycles. The zero-order valence-electron chi connectivity index (χ0n) is 10.5. The van der Waals surface area contributed by atoms with E-state index in [1.54, 1.807) is 18.3 Å². The molecule has 0 aliphatic rings. The topological polar surface area (TPSA) is 34.1 Å². The zero-order chi connectivity index (χ0) is 12.8. The third-order valence-corrected chi connectivity index (χ3v) is 2.56. The molecule has 0 N–H and O–H groups in total. The summed E-state index contributed by atoms with van der Waals surface area (Å²) in [7, 11) is 5.37. The first-order chi connectivity index (χ1) is 8.08. The molecule has 0 spiro atoms. The highest BCUT2D eigenvalue weighted by Crippen LogP contribution is 2.36. The maximum absolute atomic E-state index is 5.53. The van der Waals surface area contributed by atoms with Gasteiger partial charge >= 0.3 is 0 Å². The molecule has 0 fully saturated rings. The van der Waals surface area contributed by atoms with Gasteiger partial charge in [-0.05, 0) is 40.5 Å². The van der Waals surface area contributed by atoms with Crippen LogP contribution in [0.25, 0.3) is 0 Å². The maximum Gasteiger partial charge on any atom is 0.174 e. The predicted molar refractivity (Wildman–Crippen MR) is 73.1 cm³/mol. The van der Waals surface area contributed by atoms with Crippen molar-refractivity contribution in [3.63, 3.8) is 0 Å². The van der Waals surface area contributed by atoms with Crippen molar-refractivity contribution in [3.8, 4) is 11.5 Å². The molecule has 17 heavy (non-hydrogen) atoms. The first kappa shape index (κ1) is 13.8. The van der Waals surface area contributed by atoms with Crippen LogP contribution >= 0.6 is 15.9 Å². The molecule has 0 unspecified atom stereocenters. The minimum absolute atomic E-state index is 0.594. The van der Waals surface area contributed by atoms with Crippen molar-refractivity contribution in [2.45, 2.75) is 6.92 Å². The van der Waals surface area contributed by atoms with Crippen LogP contribution in [0.15, 0.2) is 21.7 Å². The Morgan fingerprint density at radius 1 is 1.41 bits per heavy atom. The molecule has 94 valence electrons. The summed E-state index contributed by atoms with van der Waals surface area (Å²) in [4.78, 5) is 0. The van der Waals surface area contributed by atoms with E-state index < -0.39 is 0 Å². The quantitative estimate of drug-likeness (QED) is 0.619. The molecule has 5 heteroatoms. The number of hydrogen-bond acceptors (Lipinski definition) is 4. The average molecular weight is 301 g/mol. The monoisotopic (exact) mass is 300 g/mol. The standard InChI is InChI=1S/C12H17BrN2O2/c1-5-17-11-7-9(8-14-15(2)3)6-10(13)12(11)16-4/h6-8H,5H2,1-4H3/b14-8+. The van der Waals surface area contributed by atoms with Crippen molar-refractivity contribution in [1.29, 1.82) is 0 Å². The molecule has 0 aliphatic carbocycles. The van der Waals surface area contributed by atoms with Crippen LogP contribution in [-0.4, -0.2) is 39.0 Å². The zero-order valence-corrected chi connectivity index (χ0v) is 12.1. The van der Waals surface area contributed by atoms with Crippen LogP contribution in [0, 0.1) is 0 Å². The van der Waals surface area contributed by atoms with E-state index in [1.807, 2.05) is 33.2 Å². The average Bonchev–Trinajstić information content (AvgIpc) is 2.26. The fourth-order valence-corrected chi connectivity index (χ4v) is 1.93. The van der Waals surface area contributed by atoms with Crippen LogP contribution in [0.4, 0.5) is 0 Å². The van der Waals surface area contributed by atoms with Gasteiger partial charge in [0.15, 0.2) is 11.5 Å². The summed E-state index contributed by atoms with van der Waals surface area (Å²) < 4.78 is 11.7. The Labute approximate surface area is 110 Å². The third kappa shape index (κ3) is 3.93. The Balaban J connectivity index is 3.10. The Kier molecular flexibility index (Phi) is 5.28. The van der Waals surface area contributed by atoms with Gasteiger partial charge in [0, 0.05) is 14.1 Å². The molecule has 1 aromatic carbocycles. The fraction of sp³-hybridized carbons (Fsp3) is 0.417. The number of methoxy groups -OCH3 is 1. The largest absolute Gasteiger partial charge is 0.492 e. The summed E-state index contributed by atoms with van der Waals surface area (Å²) in [6.45, 7) is 2.53. The van der Waals surface area contributed by atoms with Crippen LogP contribution in [0.1, 0.15) is 12.5 Å². The highest BCUT2D eigenvalue weighted by Gasteiger charge is 2.10. The second-order valence-corrected chi connectivity index (χ2v) is 4.41. The van der Waals surface area contributed by atoms with E-state index in [0.717, 1.165) is 10.0 Å². The Morgan fingerprint density at radius 2 is 2.12 bits per heavy atom. The van der Waals surface area contributed by atoms with Crippen molar-refractivity contribution < 1.29 is 9.47 Å². The van der Waals surface area contributed by atoms with E-state index in [9.17, 15) is 0 Å². The third-order valence-electron chi connectivity index (χ3n) is 1.97. The summed E-state index contributed by atoms with van der Waals surface area (Å²) in [5.41, 5.74) is 0.954. The molecule has 0 radical (unpaired) electrons. The minimum atomic E-state index is 0.594. The summed E-state index contributed by atoms with van der Waals surface area (Å²) in [5.74, 6) is 1.42. The fourth-order valence-electron chi connectivity index (χ4n) is 1.31. The summed E-state index contributed by atoms with van der Waals surface area (Å²) in [6.07, 6.45) is 1.77. The van der Waals surface area contributed by atoms with Crippen LogP contribution in [0.3, 0.4) is 0 Å². The van der Waals surface area contributed by atoms with Gasteiger partial charge in [0.1, 0.15) is 0 Å². The lowest BCUT2D eigenvalue weighted by atomic mass is 10.2. The molecule has 0 bridgehead atoms. The second-order valence-electron chi connectivity index (χ2n) is 3.56. The van der Waals surface area contributed by atoms with E-state index in [1.165, 1.54) is 0 Å². The van der Waals surface area contributed by atoms with Gasteiger partial charge in [0.2, 0.25) is 0 Å². The van der Waals surface area contributed by atoms with Gasteiger partial charge in [-0.15, -0.1) is 0 Å². The first-order valence-corrected chi connectivity index (χ1v) is 6.09. The molecule has 0 amide bonds. The van der Waals surface area contributed by atoms with Crippen molar-refractivity contribution in [2.75, 3.05) is 27.8 Å². The number of benzene rings is 1. The first-order valence-electron chi connectivity index (χ1n) is 5.30. The summed E-state index contributed by atoms with van der Waals surface area (Å²) in [5, 5.41) is 5.92. The number of hydrazone groups is 1. The SMILES string of the molecule is CCOc1cc(/C=N/N(C)C)cc(Br)c1OC. The van der Waals surface area contributed by atoms with Gasteiger partial charge in [-0.2, -0.15) is 5.10 Å². The number of rotatable bonds is 5. The van der Waals surface area contributed by atoms with Crippen molar-refractivity contribution >= 4 is 22.1 Å². The molecular weight excluding hydrogens is 284 g/mol. The van der Waals surface area contributed by atoms with E-state index in [-0.39, 0.29) is 0 Å². The van der Waals surface area contributed by atoms with Gasteiger partial charge in [-0.25, -0.2) is 0 Å². The lowest BCUT2D eigenvalue weighted by Crippen LogP contribution is -2.02. The Bertz CT molecular complexity index is 406. The molecule has 0 heterocycles. The van der Waals surface area contributed by atoms with Crippen molar-refractivity contribution in [3.05, 3.63) is 22.2 Å². The summed E-state index contributed by atoms with van der Waals surface area (Å²) in [6, 6.07) is 3.84.